The fourth-order valence-corrected chi connectivity index (χ4v) is 9.32. The Kier molecular flexibility index (Phi) is 51.0. The quantitative estimate of drug-likeness (QED) is 0.0343. The maximum absolute atomic E-state index is 12.9. The second-order valence-electron chi connectivity index (χ2n) is 22.2. The van der Waals surface area contributed by atoms with Crippen molar-refractivity contribution in [1.82, 2.24) is 0 Å². The van der Waals surface area contributed by atoms with Gasteiger partial charge in [0.25, 0.3) is 0 Å². The van der Waals surface area contributed by atoms with Crippen molar-refractivity contribution in [3.8, 4) is 0 Å². The van der Waals surface area contributed by atoms with Gasteiger partial charge in [-0.15, -0.1) is 0 Å². The largest absolute Gasteiger partial charge is 0.462 e. The second kappa shape index (κ2) is 52.2. The van der Waals surface area contributed by atoms with Gasteiger partial charge in [-0.05, 0) is 37.0 Å². The lowest BCUT2D eigenvalue weighted by atomic mass is 9.99. The molecular weight excluding hydrogens is 829 g/mol. The fourth-order valence-electron chi connectivity index (χ4n) is 9.32. The van der Waals surface area contributed by atoms with E-state index >= 15 is 0 Å². The zero-order chi connectivity index (χ0) is 49.1. The first kappa shape index (κ1) is 65.4. The molecule has 6 heteroatoms. The van der Waals surface area contributed by atoms with Gasteiger partial charge in [-0.2, -0.15) is 0 Å². The Balaban J connectivity index is 4.26. The summed E-state index contributed by atoms with van der Waals surface area (Å²) >= 11 is 0. The first-order valence-electron chi connectivity index (χ1n) is 30.1. The number of carbonyl (C=O) groups excluding carboxylic acids is 3. The monoisotopic (exact) mass is 947 g/mol. The van der Waals surface area contributed by atoms with Crippen LogP contribution < -0.4 is 0 Å². The van der Waals surface area contributed by atoms with Crippen LogP contribution in [0.3, 0.4) is 0 Å². The van der Waals surface area contributed by atoms with Crippen molar-refractivity contribution in [2.24, 2.45) is 17.8 Å². The van der Waals surface area contributed by atoms with Crippen molar-refractivity contribution in [3.05, 3.63) is 0 Å². The van der Waals surface area contributed by atoms with Crippen LogP contribution in [0.15, 0.2) is 0 Å². The molecule has 1 unspecified atom stereocenters. The van der Waals surface area contributed by atoms with E-state index in [-0.39, 0.29) is 31.1 Å². The zero-order valence-corrected chi connectivity index (χ0v) is 46.2. The average Bonchev–Trinajstić information content (AvgIpc) is 3.30. The predicted molar refractivity (Wildman–Crippen MR) is 289 cm³/mol. The molecule has 0 aliphatic carbocycles. The summed E-state index contributed by atoms with van der Waals surface area (Å²) in [5.74, 6) is 1.71. The van der Waals surface area contributed by atoms with Gasteiger partial charge in [0.1, 0.15) is 13.2 Å². The van der Waals surface area contributed by atoms with Crippen LogP contribution in [0.4, 0.5) is 0 Å². The number of carbonyl (C=O) groups is 3. The van der Waals surface area contributed by atoms with Crippen molar-refractivity contribution in [1.29, 1.82) is 0 Å². The maximum Gasteiger partial charge on any atom is 0.306 e. The van der Waals surface area contributed by atoms with Crippen LogP contribution in [0, 0.1) is 17.8 Å². The Bertz CT molecular complexity index is 1040. The minimum absolute atomic E-state index is 0.0634. The van der Waals surface area contributed by atoms with Crippen LogP contribution >= 0.6 is 0 Å². The molecule has 0 N–H and O–H groups in total. The van der Waals surface area contributed by atoms with Gasteiger partial charge in [0.15, 0.2) is 6.10 Å². The van der Waals surface area contributed by atoms with Crippen LogP contribution in [0.5, 0.6) is 0 Å². The molecule has 0 saturated carbocycles. The van der Waals surface area contributed by atoms with Gasteiger partial charge < -0.3 is 14.2 Å². The van der Waals surface area contributed by atoms with Crippen molar-refractivity contribution in [2.75, 3.05) is 13.2 Å². The van der Waals surface area contributed by atoms with Gasteiger partial charge in [-0.25, -0.2) is 0 Å². The van der Waals surface area contributed by atoms with E-state index in [1.807, 2.05) is 0 Å². The number of esters is 3. The molecule has 0 aromatic rings. The summed E-state index contributed by atoms with van der Waals surface area (Å²) in [6.07, 6.45) is 55.2. The van der Waals surface area contributed by atoms with E-state index < -0.39 is 6.10 Å². The molecule has 0 bridgehead atoms. The van der Waals surface area contributed by atoms with Crippen molar-refractivity contribution >= 4 is 17.9 Å². The highest BCUT2D eigenvalue weighted by Gasteiger charge is 2.19. The van der Waals surface area contributed by atoms with Crippen LogP contribution in [-0.4, -0.2) is 37.2 Å². The lowest BCUT2D eigenvalue weighted by Crippen LogP contribution is -2.30. The molecule has 0 heterocycles. The number of unbranched alkanes of at least 4 members (excludes halogenated alkanes) is 36. The van der Waals surface area contributed by atoms with Gasteiger partial charge in [0.2, 0.25) is 0 Å². The standard InChI is InChI=1S/C61H118O6/c1-7-57(6)49-43-37-31-25-21-22-27-33-39-45-51-60(63)66-54-58(67-61(64)52-46-40-34-28-20-16-18-24-30-36-42-48-56(4)5)53-65-59(62)50-44-38-32-26-19-15-13-11-9-8-10-12-14-17-23-29-35-41-47-55(2)3/h55-58H,7-54H2,1-6H3/t57?,58-/m0/s1. The fraction of sp³-hybridized carbons (Fsp3) is 0.951. The van der Waals surface area contributed by atoms with E-state index in [0.29, 0.717) is 19.3 Å². The van der Waals surface area contributed by atoms with Crippen LogP contribution in [0.1, 0.15) is 337 Å². The molecule has 6 nitrogen and oxygen atoms in total. The first-order valence-corrected chi connectivity index (χ1v) is 30.1. The molecule has 0 aromatic heterocycles. The molecule has 0 rings (SSSR count). The summed E-state index contributed by atoms with van der Waals surface area (Å²) in [5.41, 5.74) is 0. The highest BCUT2D eigenvalue weighted by Crippen LogP contribution is 2.19. The number of ether oxygens (including phenoxy) is 3. The van der Waals surface area contributed by atoms with Gasteiger partial charge in [-0.1, -0.05) is 298 Å². The predicted octanol–water partition coefficient (Wildman–Crippen LogP) is 19.9. The summed E-state index contributed by atoms with van der Waals surface area (Å²) in [7, 11) is 0. The highest BCUT2D eigenvalue weighted by atomic mass is 16.6. The van der Waals surface area contributed by atoms with E-state index in [2.05, 4.69) is 41.5 Å². The Hall–Kier alpha value is -1.59. The SMILES string of the molecule is CCC(C)CCCCCCCCCCCCC(=O)OC[C@H](COC(=O)CCCCCCCCCCCCCCCCCCCCC(C)C)OC(=O)CCCCCCCCCCCCCC(C)C. The van der Waals surface area contributed by atoms with Gasteiger partial charge in [0.05, 0.1) is 0 Å². The van der Waals surface area contributed by atoms with Crippen LogP contribution in [0.25, 0.3) is 0 Å². The maximum atomic E-state index is 12.9. The summed E-state index contributed by atoms with van der Waals surface area (Å²) in [5, 5.41) is 0. The van der Waals surface area contributed by atoms with Gasteiger partial charge in [-0.3, -0.25) is 14.4 Å². The number of rotatable bonds is 54. The van der Waals surface area contributed by atoms with Crippen LogP contribution in [0.2, 0.25) is 0 Å². The van der Waals surface area contributed by atoms with Gasteiger partial charge >= 0.3 is 17.9 Å². The third-order valence-corrected chi connectivity index (χ3v) is 14.3. The molecule has 2 atom stereocenters. The van der Waals surface area contributed by atoms with Gasteiger partial charge in [0, 0.05) is 19.3 Å². The number of hydrogen-bond acceptors (Lipinski definition) is 6. The molecule has 0 spiro atoms. The minimum Gasteiger partial charge on any atom is -0.462 e. The summed E-state index contributed by atoms with van der Waals surface area (Å²) in [6, 6.07) is 0. The first-order chi connectivity index (χ1) is 32.6. The smallest absolute Gasteiger partial charge is 0.306 e. The van der Waals surface area contributed by atoms with E-state index in [4.69, 9.17) is 14.2 Å². The lowest BCUT2D eigenvalue weighted by molar-refractivity contribution is -0.167. The van der Waals surface area contributed by atoms with Crippen molar-refractivity contribution < 1.29 is 28.6 Å². The molecule has 67 heavy (non-hydrogen) atoms. The molecule has 0 fully saturated rings. The van der Waals surface area contributed by atoms with Crippen LogP contribution in [-0.2, 0) is 28.6 Å². The average molecular weight is 948 g/mol. The molecule has 0 aliphatic heterocycles. The van der Waals surface area contributed by atoms with E-state index in [0.717, 1.165) is 75.5 Å². The third-order valence-electron chi connectivity index (χ3n) is 14.3. The minimum atomic E-state index is -0.764. The second-order valence-corrected chi connectivity index (χ2v) is 22.2. The molecule has 398 valence electrons. The molecular formula is C61H118O6. The Morgan fingerprint density at radius 1 is 0.299 bits per heavy atom. The Labute approximate surface area is 418 Å². The highest BCUT2D eigenvalue weighted by molar-refractivity contribution is 5.71. The molecule has 0 radical (unpaired) electrons. The van der Waals surface area contributed by atoms with E-state index in [9.17, 15) is 14.4 Å². The normalized spacial score (nSPS) is 12.5. The van der Waals surface area contributed by atoms with E-state index in [1.54, 1.807) is 0 Å². The number of hydrogen-bond donors (Lipinski definition) is 0. The molecule has 0 amide bonds. The summed E-state index contributed by atoms with van der Waals surface area (Å²) < 4.78 is 16.9. The summed E-state index contributed by atoms with van der Waals surface area (Å²) in [6.45, 7) is 13.8. The summed E-state index contributed by atoms with van der Waals surface area (Å²) in [4.78, 5) is 38.2. The van der Waals surface area contributed by atoms with Crippen molar-refractivity contribution in [2.45, 2.75) is 343 Å². The molecule has 0 saturated heterocycles. The Morgan fingerprint density at radius 3 is 0.776 bits per heavy atom. The van der Waals surface area contributed by atoms with Crippen molar-refractivity contribution in [3.63, 3.8) is 0 Å². The zero-order valence-electron chi connectivity index (χ0n) is 46.2. The molecule has 0 aliphatic rings. The van der Waals surface area contributed by atoms with E-state index in [1.165, 1.54) is 218 Å². The lowest BCUT2D eigenvalue weighted by Gasteiger charge is -2.18. The third kappa shape index (κ3) is 53.6. The molecule has 0 aromatic carbocycles. The Morgan fingerprint density at radius 2 is 0.522 bits per heavy atom. The topological polar surface area (TPSA) is 78.9 Å².